The van der Waals surface area contributed by atoms with Crippen LogP contribution in [0.3, 0.4) is 0 Å². The summed E-state index contributed by atoms with van der Waals surface area (Å²) in [4.78, 5) is 0. The normalized spacial score (nSPS) is 21.7. The minimum Gasteiger partial charge on any atom is -0.382 e. The Morgan fingerprint density at radius 1 is 1.04 bits per heavy atom. The fourth-order valence-corrected chi connectivity index (χ4v) is 2.81. The molecule has 166 valence electrons. The van der Waals surface area contributed by atoms with Crippen molar-refractivity contribution in [2.24, 2.45) is 0 Å². The summed E-state index contributed by atoms with van der Waals surface area (Å²) in [5, 5.41) is 0. The zero-order valence-corrected chi connectivity index (χ0v) is 22.1. The van der Waals surface area contributed by atoms with E-state index < -0.39 is 8.53 Å². The molecule has 0 spiro atoms. The molecule has 7 atom stereocenters. The third-order valence-corrected chi connectivity index (χ3v) is 3.84. The Bertz CT molecular complexity index is 252. The zero-order chi connectivity index (χ0) is 19.7. The second-order valence-corrected chi connectivity index (χ2v) is 18.0. The van der Waals surface area contributed by atoms with Crippen molar-refractivity contribution in [3.63, 3.8) is 0 Å². The van der Waals surface area contributed by atoms with Gasteiger partial charge in [-0.1, -0.05) is 42.5 Å². The van der Waals surface area contributed by atoms with E-state index in [-0.39, 0.29) is 40.2 Å². The molecule has 0 aromatic rings. The van der Waals surface area contributed by atoms with E-state index >= 15 is 0 Å². The Hall–Kier alpha value is 1.95. The largest absolute Gasteiger partial charge is 0.382 e. The summed E-state index contributed by atoms with van der Waals surface area (Å²) in [6, 6.07) is 0. The van der Waals surface area contributed by atoms with Crippen LogP contribution >= 0.6 is 42.3 Å². The van der Waals surface area contributed by atoms with Gasteiger partial charge < -0.3 is 18.5 Å². The van der Waals surface area contributed by atoms with Gasteiger partial charge in [-0.2, -0.15) is 0 Å². The molecule has 0 aromatic carbocycles. The van der Waals surface area contributed by atoms with Gasteiger partial charge in [-0.15, -0.1) is 26.8 Å². The molecule has 1 saturated heterocycles. The number of methoxy groups -OCH3 is 1. The number of rotatable bonds is 6. The fraction of sp³-hybridized carbons (Fsp3) is 1.00. The summed E-state index contributed by atoms with van der Waals surface area (Å²) in [7, 11) is 14.2. The predicted octanol–water partition coefficient (Wildman–Crippen LogP) is 6.79. The molecule has 5 unspecified atom stereocenters. The van der Waals surface area contributed by atoms with E-state index in [4.69, 9.17) is 18.5 Å². The van der Waals surface area contributed by atoms with Crippen molar-refractivity contribution in [3.05, 3.63) is 0 Å². The van der Waals surface area contributed by atoms with Crippen LogP contribution in [0.1, 0.15) is 55.9 Å². The Labute approximate surface area is 174 Å². The van der Waals surface area contributed by atoms with Gasteiger partial charge in [-0.3, -0.25) is 0 Å². The molecule has 0 aliphatic carbocycles. The summed E-state index contributed by atoms with van der Waals surface area (Å²) >= 11 is 0. The van der Waals surface area contributed by atoms with Gasteiger partial charge in [0, 0.05) is 20.6 Å². The lowest BCUT2D eigenvalue weighted by Gasteiger charge is -2.26. The first-order chi connectivity index (χ1) is 11.3. The van der Waals surface area contributed by atoms with Crippen LogP contribution in [0.5, 0.6) is 0 Å². The van der Waals surface area contributed by atoms with Crippen LogP contribution in [-0.4, -0.2) is 57.9 Å². The minimum absolute atomic E-state index is 0. The van der Waals surface area contributed by atoms with Crippen LogP contribution in [0.15, 0.2) is 0 Å². The van der Waals surface area contributed by atoms with Crippen molar-refractivity contribution in [2.75, 3.05) is 34.9 Å². The van der Waals surface area contributed by atoms with Crippen molar-refractivity contribution in [1.82, 2.24) is 4.67 Å². The van der Waals surface area contributed by atoms with E-state index in [0.29, 0.717) is 6.61 Å². The van der Waals surface area contributed by atoms with E-state index in [1.54, 1.807) is 14.2 Å². The first-order valence-electron chi connectivity index (χ1n) is 8.18. The molecule has 1 heterocycles. The molecule has 26 heavy (non-hydrogen) atoms. The zero-order valence-electron chi connectivity index (χ0n) is 16.9. The van der Waals surface area contributed by atoms with Crippen LogP contribution in [0.25, 0.3) is 0 Å². The molecule has 1 aliphatic heterocycles. The summed E-state index contributed by atoms with van der Waals surface area (Å²) in [5.41, 5.74) is 0. The second kappa shape index (κ2) is 27.0. The predicted molar refractivity (Wildman–Crippen MR) is 136 cm³/mol. The number of hydrogen-bond donors (Lipinski definition) is 0. The lowest BCUT2D eigenvalue weighted by Crippen LogP contribution is -2.29. The van der Waals surface area contributed by atoms with Gasteiger partial charge in [-0.25, -0.2) is 4.67 Å². The van der Waals surface area contributed by atoms with E-state index in [0.717, 1.165) is 6.42 Å². The van der Waals surface area contributed by atoms with Crippen molar-refractivity contribution in [1.29, 1.82) is 0 Å². The SMILES string of the molecule is C.C.CC.CC.COC[C@H]1O[C@@H](C)CC1OP(OC)N(C)C.PP(P)P. The number of nitrogens with zero attached hydrogens (tertiary/aromatic N) is 1. The van der Waals surface area contributed by atoms with Crippen LogP contribution in [-0.2, 0) is 18.5 Å². The lowest BCUT2D eigenvalue weighted by atomic mass is 10.1. The standard InChI is InChI=1S/C10H22NO4P.2C2H6.2CH4.H6P4/c1-8-6-9(10(14-8)7-12-4)15-16(13-5)11(2)3;2*1-2;;;1-4(2)3/h8-10H,6-7H2,1-5H3;2*1-2H3;2*1H4;1-3H2/t8-,9?,10+,16?;;;;;/m0...../s1. The van der Waals surface area contributed by atoms with E-state index in [2.05, 4.69) is 33.7 Å². The van der Waals surface area contributed by atoms with E-state index in [1.807, 2.05) is 46.5 Å². The van der Waals surface area contributed by atoms with E-state index in [9.17, 15) is 0 Å². The average molecular weight is 473 g/mol. The van der Waals surface area contributed by atoms with Crippen LogP contribution in [0.4, 0.5) is 0 Å². The fourth-order valence-electron chi connectivity index (χ4n) is 1.76. The number of hydrogen-bond acceptors (Lipinski definition) is 5. The number of ether oxygens (including phenoxy) is 2. The minimum atomic E-state index is -0.987. The molecule has 1 rings (SSSR count). The summed E-state index contributed by atoms with van der Waals surface area (Å²) in [6.07, 6.45) is 1.19. The van der Waals surface area contributed by atoms with Gasteiger partial charge in [0.15, 0.2) is 0 Å². The molecular formula is C16H48NO4P5. The highest BCUT2D eigenvalue weighted by Gasteiger charge is 2.36. The molecule has 1 fully saturated rings. The Morgan fingerprint density at radius 3 is 1.77 bits per heavy atom. The maximum absolute atomic E-state index is 5.92. The molecule has 0 aromatic heterocycles. The van der Waals surface area contributed by atoms with Gasteiger partial charge in [0.2, 0.25) is 0 Å². The first kappa shape index (κ1) is 38.5. The van der Waals surface area contributed by atoms with Crippen LogP contribution in [0, 0.1) is 0 Å². The quantitative estimate of drug-likeness (QED) is 0.397. The molecular weight excluding hydrogens is 425 g/mol. The van der Waals surface area contributed by atoms with Gasteiger partial charge in [0.25, 0.3) is 8.53 Å². The topological polar surface area (TPSA) is 40.2 Å². The smallest absolute Gasteiger partial charge is 0.258 e. The monoisotopic (exact) mass is 473 g/mol. The maximum atomic E-state index is 5.92. The van der Waals surface area contributed by atoms with Gasteiger partial charge in [0.05, 0.1) is 18.8 Å². The highest BCUT2D eigenvalue weighted by molar-refractivity contribution is 8.65. The highest BCUT2D eigenvalue weighted by atomic mass is 32.7. The van der Waals surface area contributed by atoms with Crippen LogP contribution < -0.4 is 0 Å². The molecule has 0 radical (unpaired) electrons. The Kier molecular flexibility index (Phi) is 40.0. The molecule has 10 heteroatoms. The van der Waals surface area contributed by atoms with Crippen LogP contribution in [0.2, 0.25) is 0 Å². The third kappa shape index (κ3) is 22.2. The molecule has 0 bridgehead atoms. The Morgan fingerprint density at radius 2 is 1.46 bits per heavy atom. The van der Waals surface area contributed by atoms with Crippen molar-refractivity contribution >= 4 is 42.3 Å². The van der Waals surface area contributed by atoms with Crippen molar-refractivity contribution < 1.29 is 18.5 Å². The van der Waals surface area contributed by atoms with Gasteiger partial charge in [0.1, 0.15) is 6.10 Å². The summed E-state index contributed by atoms with van der Waals surface area (Å²) < 4.78 is 24.0. The highest BCUT2D eigenvalue weighted by Crippen LogP contribution is 2.59. The molecule has 0 N–H and O–H groups in total. The third-order valence-electron chi connectivity index (χ3n) is 2.43. The maximum Gasteiger partial charge on any atom is 0.258 e. The summed E-state index contributed by atoms with van der Waals surface area (Å²) in [5.74, 6) is 0. The molecule has 1 aliphatic rings. The Balaban J connectivity index is -0.000000127. The average Bonchev–Trinajstić information content (AvgIpc) is 2.88. The van der Waals surface area contributed by atoms with E-state index in [1.165, 1.54) is 0 Å². The van der Waals surface area contributed by atoms with Gasteiger partial charge in [-0.05, 0) is 28.0 Å². The molecule has 0 amide bonds. The van der Waals surface area contributed by atoms with Gasteiger partial charge >= 0.3 is 0 Å². The lowest BCUT2D eigenvalue weighted by molar-refractivity contribution is -0.0245. The molecule has 5 nitrogen and oxygen atoms in total. The second-order valence-electron chi connectivity index (χ2n) is 4.53. The summed E-state index contributed by atoms with van der Waals surface area (Å²) in [6.45, 7) is 10.7. The first-order valence-corrected chi connectivity index (χ1v) is 15.5. The van der Waals surface area contributed by atoms with Crippen molar-refractivity contribution in [3.8, 4) is 0 Å². The van der Waals surface area contributed by atoms with Crippen molar-refractivity contribution in [2.45, 2.75) is 74.2 Å². The molecule has 0 saturated carbocycles.